The van der Waals surface area contributed by atoms with Gasteiger partial charge in [0.05, 0.1) is 29.1 Å². The van der Waals surface area contributed by atoms with E-state index in [1.54, 1.807) is 11.1 Å². The highest BCUT2D eigenvalue weighted by Gasteiger charge is 2.22. The van der Waals surface area contributed by atoms with Crippen LogP contribution in [0.15, 0.2) is 72.9 Å². The number of hydrogen-bond acceptors (Lipinski definition) is 5. The van der Waals surface area contributed by atoms with Crippen molar-refractivity contribution in [1.82, 2.24) is 9.97 Å². The lowest BCUT2D eigenvalue weighted by Gasteiger charge is -2.20. The van der Waals surface area contributed by atoms with Gasteiger partial charge in [0, 0.05) is 11.8 Å². The Labute approximate surface area is 186 Å². The highest BCUT2D eigenvalue weighted by Crippen LogP contribution is 2.31. The lowest BCUT2D eigenvalue weighted by Crippen LogP contribution is -2.30. The van der Waals surface area contributed by atoms with Crippen molar-refractivity contribution in [3.05, 3.63) is 84.2 Å². The van der Waals surface area contributed by atoms with Crippen molar-refractivity contribution in [2.45, 2.75) is 32.7 Å². The zero-order valence-corrected chi connectivity index (χ0v) is 18.3. The summed E-state index contributed by atoms with van der Waals surface area (Å²) in [5.41, 5.74) is 2.26. The van der Waals surface area contributed by atoms with E-state index >= 15 is 0 Å². The monoisotopic (exact) mass is 431 g/mol. The topological polar surface area (TPSA) is 55.3 Å². The van der Waals surface area contributed by atoms with Crippen LogP contribution in [0.4, 0.5) is 5.13 Å². The Morgan fingerprint density at radius 2 is 1.90 bits per heavy atom. The van der Waals surface area contributed by atoms with E-state index in [9.17, 15) is 4.79 Å². The molecule has 0 radical (unpaired) electrons. The summed E-state index contributed by atoms with van der Waals surface area (Å²) in [5.74, 6) is 0.591. The molecule has 4 aromatic rings. The molecule has 31 heavy (non-hydrogen) atoms. The Hall–Kier alpha value is -3.25. The van der Waals surface area contributed by atoms with E-state index in [1.165, 1.54) is 11.3 Å². The fourth-order valence-electron chi connectivity index (χ4n) is 3.27. The first-order chi connectivity index (χ1) is 15.2. The molecule has 0 aliphatic carbocycles. The smallest absolute Gasteiger partial charge is 0.260 e. The molecule has 0 atom stereocenters. The lowest BCUT2D eigenvalue weighted by molar-refractivity contribution is 0.0984. The van der Waals surface area contributed by atoms with E-state index in [1.807, 2.05) is 66.7 Å². The van der Waals surface area contributed by atoms with E-state index in [-0.39, 0.29) is 5.91 Å². The Kier molecular flexibility index (Phi) is 6.89. The third-order valence-electron chi connectivity index (χ3n) is 4.90. The predicted octanol–water partition coefficient (Wildman–Crippen LogP) is 6.11. The summed E-state index contributed by atoms with van der Waals surface area (Å²) in [7, 11) is 0. The molecule has 0 fully saturated rings. The molecule has 0 saturated carbocycles. The number of rotatable bonds is 9. The van der Waals surface area contributed by atoms with Gasteiger partial charge in [0.15, 0.2) is 5.13 Å². The number of ether oxygens (including phenoxy) is 1. The average molecular weight is 432 g/mol. The number of nitrogens with zero attached hydrogens (tertiary/aromatic N) is 3. The molecule has 0 spiro atoms. The molecule has 5 nitrogen and oxygen atoms in total. The molecule has 0 unspecified atom stereocenters. The van der Waals surface area contributed by atoms with Crippen LogP contribution in [0.25, 0.3) is 10.2 Å². The summed E-state index contributed by atoms with van der Waals surface area (Å²) in [6.07, 6.45) is 5.02. The van der Waals surface area contributed by atoms with E-state index in [0.29, 0.717) is 29.6 Å². The fourth-order valence-corrected chi connectivity index (χ4v) is 4.24. The summed E-state index contributed by atoms with van der Waals surface area (Å²) in [4.78, 5) is 24.4. The second kappa shape index (κ2) is 10.2. The van der Waals surface area contributed by atoms with Gasteiger partial charge in [0.25, 0.3) is 5.91 Å². The predicted molar refractivity (Wildman–Crippen MR) is 126 cm³/mol. The molecule has 2 aromatic heterocycles. The van der Waals surface area contributed by atoms with Gasteiger partial charge < -0.3 is 4.74 Å². The quantitative estimate of drug-likeness (QED) is 0.300. The number of unbranched alkanes of at least 4 members (excludes halogenated alkanes) is 2. The molecule has 2 aromatic carbocycles. The van der Waals surface area contributed by atoms with Crippen LogP contribution in [-0.2, 0) is 6.54 Å². The maximum Gasteiger partial charge on any atom is 0.260 e. The van der Waals surface area contributed by atoms with Crippen molar-refractivity contribution in [1.29, 1.82) is 0 Å². The van der Waals surface area contributed by atoms with Gasteiger partial charge in [-0.25, -0.2) is 4.98 Å². The first-order valence-electron chi connectivity index (χ1n) is 10.5. The molecular formula is C25H25N3O2S. The standard InChI is InChI=1S/C25H25N3O2S/c1-2-3-8-16-30-21-12-9-10-19(17-21)24(29)28(18-20-11-6-7-15-26-20)25-27-22-13-4-5-14-23(22)31-25/h4-7,9-15,17H,2-3,8,16,18H2,1H3. The molecule has 6 heteroatoms. The van der Waals surface area contributed by atoms with E-state index in [4.69, 9.17) is 9.72 Å². The van der Waals surface area contributed by atoms with Gasteiger partial charge in [-0.3, -0.25) is 14.7 Å². The van der Waals surface area contributed by atoms with Crippen LogP contribution < -0.4 is 9.64 Å². The highest BCUT2D eigenvalue weighted by molar-refractivity contribution is 7.22. The molecule has 2 heterocycles. The Morgan fingerprint density at radius 1 is 1.03 bits per heavy atom. The highest BCUT2D eigenvalue weighted by atomic mass is 32.1. The molecule has 4 rings (SSSR count). The second-order valence-electron chi connectivity index (χ2n) is 7.26. The van der Waals surface area contributed by atoms with Gasteiger partial charge in [-0.05, 0) is 48.9 Å². The van der Waals surface area contributed by atoms with Crippen molar-refractivity contribution < 1.29 is 9.53 Å². The van der Waals surface area contributed by atoms with Crippen molar-refractivity contribution in [2.24, 2.45) is 0 Å². The van der Waals surface area contributed by atoms with Gasteiger partial charge in [0.2, 0.25) is 0 Å². The lowest BCUT2D eigenvalue weighted by atomic mass is 10.2. The molecule has 0 saturated heterocycles. The van der Waals surface area contributed by atoms with Gasteiger partial charge in [-0.1, -0.05) is 55.4 Å². The van der Waals surface area contributed by atoms with Gasteiger partial charge in [-0.15, -0.1) is 0 Å². The van der Waals surface area contributed by atoms with Crippen LogP contribution in [0, 0.1) is 0 Å². The number of fused-ring (bicyclic) bond motifs is 1. The van der Waals surface area contributed by atoms with Gasteiger partial charge in [-0.2, -0.15) is 0 Å². The normalized spacial score (nSPS) is 10.9. The maximum atomic E-state index is 13.6. The van der Waals surface area contributed by atoms with Crippen LogP contribution >= 0.6 is 11.3 Å². The average Bonchev–Trinajstić information content (AvgIpc) is 3.25. The Bertz CT molecular complexity index is 1110. The van der Waals surface area contributed by atoms with E-state index < -0.39 is 0 Å². The summed E-state index contributed by atoms with van der Waals surface area (Å²) >= 11 is 1.51. The number of thiazole rings is 1. The number of anilines is 1. The number of hydrogen-bond donors (Lipinski definition) is 0. The van der Waals surface area contributed by atoms with Crippen LogP contribution in [0.1, 0.15) is 42.2 Å². The number of carbonyl (C=O) groups excluding carboxylic acids is 1. The first-order valence-corrected chi connectivity index (χ1v) is 11.4. The van der Waals surface area contributed by atoms with Gasteiger partial charge in [0.1, 0.15) is 5.75 Å². The maximum absolute atomic E-state index is 13.6. The zero-order chi connectivity index (χ0) is 21.5. The van der Waals surface area contributed by atoms with Crippen LogP contribution in [0.5, 0.6) is 5.75 Å². The third-order valence-corrected chi connectivity index (χ3v) is 5.96. The molecule has 0 aliphatic rings. The van der Waals surface area contributed by atoms with Crippen LogP contribution in [0.3, 0.4) is 0 Å². The molecule has 0 bridgehead atoms. The molecule has 0 N–H and O–H groups in total. The van der Waals surface area contributed by atoms with Crippen molar-refractivity contribution in [3.8, 4) is 5.75 Å². The minimum Gasteiger partial charge on any atom is -0.494 e. The van der Waals surface area contributed by atoms with Gasteiger partial charge >= 0.3 is 0 Å². The van der Waals surface area contributed by atoms with Crippen LogP contribution in [-0.4, -0.2) is 22.5 Å². The fraction of sp³-hybridized carbons (Fsp3) is 0.240. The third kappa shape index (κ3) is 5.27. The SMILES string of the molecule is CCCCCOc1cccc(C(=O)N(Cc2ccccn2)c2nc3ccccc3s2)c1. The zero-order valence-electron chi connectivity index (χ0n) is 17.5. The van der Waals surface area contributed by atoms with E-state index in [0.717, 1.165) is 35.2 Å². The minimum atomic E-state index is -0.122. The Morgan fingerprint density at radius 3 is 2.71 bits per heavy atom. The van der Waals surface area contributed by atoms with Crippen molar-refractivity contribution in [2.75, 3.05) is 11.5 Å². The summed E-state index contributed by atoms with van der Waals surface area (Å²) in [6, 6.07) is 21.0. The number of pyridine rings is 1. The molecular weight excluding hydrogens is 406 g/mol. The number of carbonyl (C=O) groups is 1. The van der Waals surface area contributed by atoms with E-state index in [2.05, 4.69) is 11.9 Å². The molecule has 158 valence electrons. The molecule has 0 aliphatic heterocycles. The second-order valence-corrected chi connectivity index (χ2v) is 8.27. The summed E-state index contributed by atoms with van der Waals surface area (Å²) < 4.78 is 6.90. The summed E-state index contributed by atoms with van der Waals surface area (Å²) in [6.45, 7) is 3.17. The number of benzene rings is 2. The number of amides is 1. The first kappa shape index (κ1) is 21.0. The van der Waals surface area contributed by atoms with Crippen molar-refractivity contribution >= 4 is 32.6 Å². The largest absolute Gasteiger partial charge is 0.494 e. The minimum absolute atomic E-state index is 0.122. The summed E-state index contributed by atoms with van der Waals surface area (Å²) in [5, 5.41) is 0.658. The number of para-hydroxylation sites is 1. The molecule has 1 amide bonds. The number of aromatic nitrogens is 2. The van der Waals surface area contributed by atoms with Crippen molar-refractivity contribution in [3.63, 3.8) is 0 Å². The van der Waals surface area contributed by atoms with Crippen LogP contribution in [0.2, 0.25) is 0 Å². The Balaban J connectivity index is 1.62.